The molecular formula is C27H25F3N4O2. The molecule has 1 amide bonds. The van der Waals surface area contributed by atoms with Gasteiger partial charge in [0, 0.05) is 48.6 Å². The van der Waals surface area contributed by atoms with Crippen molar-refractivity contribution in [2.45, 2.75) is 38.6 Å². The first-order valence-electron chi connectivity index (χ1n) is 11.8. The second-order valence-electron chi connectivity index (χ2n) is 9.20. The Hall–Kier alpha value is -3.88. The van der Waals surface area contributed by atoms with E-state index in [1.807, 2.05) is 53.8 Å². The van der Waals surface area contributed by atoms with Gasteiger partial charge in [-0.25, -0.2) is 4.98 Å². The third-order valence-corrected chi connectivity index (χ3v) is 6.43. The van der Waals surface area contributed by atoms with Gasteiger partial charge in [0.1, 0.15) is 11.6 Å². The second kappa shape index (κ2) is 9.29. The number of hydrogen-bond donors (Lipinski definition) is 0. The standard InChI is InChI=1S/C27H25F3N4O2/c1-17(2)34-24-10-7-19(26(35)33-13-11-21(16-33)20-4-3-12-31-15-20)14-23(24)32-25(34)18-5-8-22(9-6-18)36-27(28,29)30/h3-10,12,14-15,17,21H,11,13,16H2,1-2H3. The molecule has 1 aliphatic heterocycles. The van der Waals surface area contributed by atoms with Gasteiger partial charge in [0.05, 0.1) is 11.0 Å². The Balaban J connectivity index is 1.42. The SMILES string of the molecule is CC(C)n1c(-c2ccc(OC(F)(F)F)cc2)nc2cc(C(=O)N3CCC(c4cccnc4)C3)ccc21. The number of ether oxygens (including phenoxy) is 1. The van der Waals surface area contributed by atoms with Crippen LogP contribution in [0.15, 0.2) is 67.0 Å². The Labute approximate surface area is 206 Å². The number of benzene rings is 2. The number of halogens is 3. The molecule has 1 atom stereocenters. The van der Waals surface area contributed by atoms with Crippen molar-refractivity contribution in [3.05, 3.63) is 78.1 Å². The summed E-state index contributed by atoms with van der Waals surface area (Å²) in [6, 6.07) is 15.1. The van der Waals surface area contributed by atoms with Gasteiger partial charge < -0.3 is 14.2 Å². The van der Waals surface area contributed by atoms with Crippen LogP contribution in [-0.4, -0.2) is 44.8 Å². The molecule has 0 radical (unpaired) electrons. The van der Waals surface area contributed by atoms with Crippen LogP contribution in [-0.2, 0) is 0 Å². The minimum atomic E-state index is -4.75. The number of nitrogens with zero attached hydrogens (tertiary/aromatic N) is 4. The molecule has 9 heteroatoms. The molecule has 0 spiro atoms. The fourth-order valence-corrected chi connectivity index (χ4v) is 4.78. The third-order valence-electron chi connectivity index (χ3n) is 6.43. The zero-order valence-corrected chi connectivity index (χ0v) is 19.9. The van der Waals surface area contributed by atoms with Crippen LogP contribution < -0.4 is 4.74 Å². The first kappa shape index (κ1) is 23.8. The van der Waals surface area contributed by atoms with E-state index in [1.54, 1.807) is 24.4 Å². The van der Waals surface area contributed by atoms with Crippen LogP contribution in [0.3, 0.4) is 0 Å². The summed E-state index contributed by atoms with van der Waals surface area (Å²) in [5.41, 5.74) is 3.85. The first-order chi connectivity index (χ1) is 17.2. The largest absolute Gasteiger partial charge is 0.573 e. The fourth-order valence-electron chi connectivity index (χ4n) is 4.78. The van der Waals surface area contributed by atoms with Gasteiger partial charge >= 0.3 is 6.36 Å². The molecule has 1 aliphatic rings. The number of alkyl halides is 3. The number of fused-ring (bicyclic) bond motifs is 1. The van der Waals surface area contributed by atoms with Crippen molar-refractivity contribution < 1.29 is 22.7 Å². The molecule has 0 aliphatic carbocycles. The minimum Gasteiger partial charge on any atom is -0.406 e. The lowest BCUT2D eigenvalue weighted by molar-refractivity contribution is -0.274. The molecule has 1 fully saturated rings. The summed E-state index contributed by atoms with van der Waals surface area (Å²) in [5, 5.41) is 0. The summed E-state index contributed by atoms with van der Waals surface area (Å²) in [7, 11) is 0. The highest BCUT2D eigenvalue weighted by Crippen LogP contribution is 2.32. The lowest BCUT2D eigenvalue weighted by Crippen LogP contribution is -2.28. The molecule has 5 rings (SSSR count). The molecular weight excluding hydrogens is 469 g/mol. The normalized spacial score (nSPS) is 16.2. The summed E-state index contributed by atoms with van der Waals surface area (Å²) in [4.78, 5) is 24.1. The van der Waals surface area contributed by atoms with Gasteiger partial charge in [0.25, 0.3) is 5.91 Å². The molecule has 2 aromatic heterocycles. The van der Waals surface area contributed by atoms with Crippen LogP contribution in [0.2, 0.25) is 0 Å². The van der Waals surface area contributed by atoms with Crippen LogP contribution in [0.25, 0.3) is 22.4 Å². The van der Waals surface area contributed by atoms with Gasteiger partial charge in [-0.2, -0.15) is 0 Å². The van der Waals surface area contributed by atoms with Crippen molar-refractivity contribution in [2.75, 3.05) is 13.1 Å². The number of carbonyl (C=O) groups excluding carboxylic acids is 1. The molecule has 36 heavy (non-hydrogen) atoms. The van der Waals surface area contributed by atoms with Crippen molar-refractivity contribution in [2.24, 2.45) is 0 Å². The van der Waals surface area contributed by atoms with E-state index in [1.165, 1.54) is 12.1 Å². The quantitative estimate of drug-likeness (QED) is 0.331. The summed E-state index contributed by atoms with van der Waals surface area (Å²) < 4.78 is 43.6. The Morgan fingerprint density at radius 1 is 1.11 bits per heavy atom. The molecule has 6 nitrogen and oxygen atoms in total. The summed E-state index contributed by atoms with van der Waals surface area (Å²) in [5.74, 6) is 0.544. The van der Waals surface area contributed by atoms with E-state index in [4.69, 9.17) is 4.98 Å². The number of rotatable bonds is 5. The van der Waals surface area contributed by atoms with Gasteiger partial charge in [-0.1, -0.05) is 6.07 Å². The summed E-state index contributed by atoms with van der Waals surface area (Å²) >= 11 is 0. The number of carbonyl (C=O) groups is 1. The number of amides is 1. The maximum absolute atomic E-state index is 13.3. The van der Waals surface area contributed by atoms with Crippen LogP contribution in [0, 0.1) is 0 Å². The maximum atomic E-state index is 13.3. The van der Waals surface area contributed by atoms with E-state index >= 15 is 0 Å². The van der Waals surface area contributed by atoms with Crippen molar-refractivity contribution in [3.63, 3.8) is 0 Å². The molecule has 1 saturated heterocycles. The second-order valence-corrected chi connectivity index (χ2v) is 9.20. The zero-order valence-electron chi connectivity index (χ0n) is 19.9. The van der Waals surface area contributed by atoms with E-state index < -0.39 is 6.36 Å². The van der Waals surface area contributed by atoms with E-state index in [9.17, 15) is 18.0 Å². The predicted molar refractivity (Wildman–Crippen MR) is 130 cm³/mol. The summed E-state index contributed by atoms with van der Waals surface area (Å²) in [6.07, 6.45) is -0.263. The molecule has 186 valence electrons. The van der Waals surface area contributed by atoms with Gasteiger partial charge in [-0.05, 0) is 74.4 Å². The van der Waals surface area contributed by atoms with Gasteiger partial charge in [0.15, 0.2) is 0 Å². The van der Waals surface area contributed by atoms with E-state index in [2.05, 4.69) is 9.72 Å². The van der Waals surface area contributed by atoms with Crippen LogP contribution in [0.4, 0.5) is 13.2 Å². The first-order valence-corrected chi connectivity index (χ1v) is 11.8. The highest BCUT2D eigenvalue weighted by molar-refractivity contribution is 5.98. The van der Waals surface area contributed by atoms with Crippen LogP contribution >= 0.6 is 0 Å². The number of imidazole rings is 1. The topological polar surface area (TPSA) is 60.3 Å². The van der Waals surface area contributed by atoms with Crippen molar-refractivity contribution >= 4 is 16.9 Å². The molecule has 0 bridgehead atoms. The molecule has 4 aromatic rings. The maximum Gasteiger partial charge on any atom is 0.573 e. The van der Waals surface area contributed by atoms with Gasteiger partial charge in [-0.3, -0.25) is 9.78 Å². The Morgan fingerprint density at radius 2 is 1.89 bits per heavy atom. The highest BCUT2D eigenvalue weighted by atomic mass is 19.4. The van der Waals surface area contributed by atoms with Gasteiger partial charge in [-0.15, -0.1) is 13.2 Å². The van der Waals surface area contributed by atoms with E-state index in [0.717, 1.165) is 17.5 Å². The zero-order chi connectivity index (χ0) is 25.4. The molecule has 0 N–H and O–H groups in total. The van der Waals surface area contributed by atoms with Gasteiger partial charge in [0.2, 0.25) is 0 Å². The third kappa shape index (κ3) is 4.78. The number of hydrogen-bond acceptors (Lipinski definition) is 4. The van der Waals surface area contributed by atoms with E-state index in [-0.39, 0.29) is 23.6 Å². The molecule has 0 saturated carbocycles. The lowest BCUT2D eigenvalue weighted by Gasteiger charge is -2.17. The molecule has 2 aromatic carbocycles. The van der Waals surface area contributed by atoms with Crippen LogP contribution in [0.1, 0.15) is 48.1 Å². The van der Waals surface area contributed by atoms with Crippen molar-refractivity contribution in [1.29, 1.82) is 0 Å². The summed E-state index contributed by atoms with van der Waals surface area (Å²) in [6.45, 7) is 5.33. The molecule has 3 heterocycles. The van der Waals surface area contributed by atoms with Crippen LogP contribution in [0.5, 0.6) is 5.75 Å². The smallest absolute Gasteiger partial charge is 0.406 e. The van der Waals surface area contributed by atoms with Crippen molar-refractivity contribution in [1.82, 2.24) is 19.4 Å². The Bertz CT molecular complexity index is 1380. The average Bonchev–Trinajstić information content (AvgIpc) is 3.49. The number of aromatic nitrogens is 3. The predicted octanol–water partition coefficient (Wildman–Crippen LogP) is 6.21. The average molecular weight is 495 g/mol. The van der Waals surface area contributed by atoms with Crippen molar-refractivity contribution in [3.8, 4) is 17.1 Å². The number of likely N-dealkylation sites (tertiary alicyclic amines) is 1. The monoisotopic (exact) mass is 494 g/mol. The fraction of sp³-hybridized carbons (Fsp3) is 0.296. The Morgan fingerprint density at radius 3 is 2.56 bits per heavy atom. The van der Waals surface area contributed by atoms with E-state index in [0.29, 0.717) is 35.6 Å². The minimum absolute atomic E-state index is 0.0384. The lowest BCUT2D eigenvalue weighted by atomic mass is 10.0. The molecule has 1 unspecified atom stereocenters. The number of pyridine rings is 1. The highest BCUT2D eigenvalue weighted by Gasteiger charge is 2.31. The Kier molecular flexibility index (Phi) is 6.15.